The van der Waals surface area contributed by atoms with Gasteiger partial charge in [-0.05, 0) is 0 Å². The van der Waals surface area contributed by atoms with Crippen LogP contribution >= 0.6 is 11.3 Å². The molecule has 3 nitrogen and oxygen atoms in total. The average Bonchev–Trinajstić information content (AvgIpc) is 2.12. The van der Waals surface area contributed by atoms with Crippen LogP contribution in [0.25, 0.3) is 0 Å². The summed E-state index contributed by atoms with van der Waals surface area (Å²) < 4.78 is 0. The van der Waals surface area contributed by atoms with Crippen molar-refractivity contribution >= 4 is 17.2 Å². The number of hydrogen-bond acceptors (Lipinski definition) is 3. The maximum absolute atomic E-state index is 10.2. The minimum atomic E-state index is -0.466. The van der Waals surface area contributed by atoms with Crippen LogP contribution in [0.1, 0.15) is 10.5 Å². The van der Waals surface area contributed by atoms with Gasteiger partial charge in [0.15, 0.2) is 0 Å². The summed E-state index contributed by atoms with van der Waals surface area (Å²) in [5.74, 6) is -0.466. The fourth-order valence-corrected chi connectivity index (χ4v) is 0.875. The van der Waals surface area contributed by atoms with Crippen LogP contribution in [0.4, 0.5) is 0 Å². The van der Waals surface area contributed by atoms with Crippen LogP contribution in [0.3, 0.4) is 0 Å². The molecule has 0 fully saturated rings. The summed E-state index contributed by atoms with van der Waals surface area (Å²) in [4.78, 5) is 13.9. The summed E-state index contributed by atoms with van der Waals surface area (Å²) in [6.07, 6.45) is 0. The first-order valence-corrected chi connectivity index (χ1v) is 2.93. The fourth-order valence-electron chi connectivity index (χ4n) is 0.334. The SMILES string of the molecule is NC(=O)c1cscn1. The molecule has 1 aromatic heterocycles. The second-order valence-electron chi connectivity index (χ2n) is 1.24. The number of hydrogen-bond donors (Lipinski definition) is 1. The lowest BCUT2D eigenvalue weighted by Crippen LogP contribution is -2.10. The lowest BCUT2D eigenvalue weighted by atomic mass is 10.5. The molecule has 0 saturated heterocycles. The Morgan fingerprint density at radius 1 is 1.88 bits per heavy atom. The van der Waals surface area contributed by atoms with Gasteiger partial charge in [-0.1, -0.05) is 0 Å². The van der Waals surface area contributed by atoms with Crippen LogP contribution in [0.5, 0.6) is 0 Å². The quantitative estimate of drug-likeness (QED) is 0.589. The van der Waals surface area contributed by atoms with Crippen LogP contribution in [-0.2, 0) is 0 Å². The van der Waals surface area contributed by atoms with Crippen LogP contribution < -0.4 is 5.73 Å². The monoisotopic (exact) mass is 128 g/mol. The van der Waals surface area contributed by atoms with E-state index in [9.17, 15) is 4.79 Å². The van der Waals surface area contributed by atoms with E-state index in [0.29, 0.717) is 5.69 Å². The number of thiazole rings is 1. The molecule has 0 bridgehead atoms. The summed E-state index contributed by atoms with van der Waals surface area (Å²) in [6.45, 7) is 0. The molecule has 1 rings (SSSR count). The highest BCUT2D eigenvalue weighted by Crippen LogP contribution is 1.97. The molecule has 2 N–H and O–H groups in total. The Kier molecular flexibility index (Phi) is 1.26. The molecule has 1 aromatic rings. The summed E-state index contributed by atoms with van der Waals surface area (Å²) in [7, 11) is 0. The first-order valence-electron chi connectivity index (χ1n) is 1.98. The summed E-state index contributed by atoms with van der Waals surface area (Å²) in [5, 5.41) is 1.61. The number of amides is 1. The smallest absolute Gasteiger partial charge is 0.268 e. The lowest BCUT2D eigenvalue weighted by Gasteiger charge is -1.79. The Labute approximate surface area is 50.2 Å². The van der Waals surface area contributed by atoms with Gasteiger partial charge in [0.25, 0.3) is 5.91 Å². The van der Waals surface area contributed by atoms with Crippen molar-refractivity contribution in [3.8, 4) is 0 Å². The molecule has 8 heavy (non-hydrogen) atoms. The van der Waals surface area contributed by atoms with Gasteiger partial charge in [0.2, 0.25) is 0 Å². The van der Waals surface area contributed by atoms with Crippen molar-refractivity contribution in [3.63, 3.8) is 0 Å². The molecular formula is C4H4N2OS. The highest BCUT2D eigenvalue weighted by molar-refractivity contribution is 7.07. The number of carbonyl (C=O) groups excluding carboxylic acids is 1. The largest absolute Gasteiger partial charge is 0.364 e. The van der Waals surface area contributed by atoms with E-state index in [1.807, 2.05) is 0 Å². The Balaban J connectivity index is 2.93. The van der Waals surface area contributed by atoms with Gasteiger partial charge >= 0.3 is 0 Å². The van der Waals surface area contributed by atoms with Gasteiger partial charge in [-0.15, -0.1) is 11.3 Å². The number of primary amides is 1. The maximum Gasteiger partial charge on any atom is 0.268 e. The molecule has 1 heterocycles. The third-order valence-corrected chi connectivity index (χ3v) is 1.27. The zero-order valence-electron chi connectivity index (χ0n) is 4.00. The van der Waals surface area contributed by atoms with E-state index >= 15 is 0 Å². The average molecular weight is 128 g/mol. The predicted octanol–water partition coefficient (Wildman–Crippen LogP) is 0.242. The molecule has 0 aromatic carbocycles. The van der Waals surface area contributed by atoms with E-state index in [1.165, 1.54) is 11.3 Å². The van der Waals surface area contributed by atoms with Crippen molar-refractivity contribution in [3.05, 3.63) is 16.6 Å². The first kappa shape index (κ1) is 5.24. The summed E-state index contributed by atoms with van der Waals surface area (Å²) in [6, 6.07) is 0. The standard InChI is InChI=1S/C4H4N2OS/c5-4(7)3-1-8-2-6-3/h1-2H,(H2,5,7). The molecule has 0 atom stereocenters. The molecule has 0 saturated carbocycles. The van der Waals surface area contributed by atoms with Gasteiger partial charge in [0.1, 0.15) is 5.69 Å². The number of nitrogens with two attached hydrogens (primary N) is 1. The zero-order valence-corrected chi connectivity index (χ0v) is 4.81. The third-order valence-electron chi connectivity index (χ3n) is 0.685. The van der Waals surface area contributed by atoms with Gasteiger partial charge in [-0.25, -0.2) is 4.98 Å². The van der Waals surface area contributed by atoms with Gasteiger partial charge in [-0.3, -0.25) is 4.79 Å². The second kappa shape index (κ2) is 1.92. The molecule has 0 aliphatic carbocycles. The van der Waals surface area contributed by atoms with Crippen molar-refractivity contribution in [1.29, 1.82) is 0 Å². The van der Waals surface area contributed by atoms with Gasteiger partial charge in [-0.2, -0.15) is 0 Å². The highest BCUT2D eigenvalue weighted by atomic mass is 32.1. The molecule has 0 spiro atoms. The predicted molar refractivity (Wildman–Crippen MR) is 30.6 cm³/mol. The van der Waals surface area contributed by atoms with E-state index in [0.717, 1.165) is 0 Å². The number of rotatable bonds is 1. The minimum absolute atomic E-state index is 0.343. The van der Waals surface area contributed by atoms with Crippen molar-refractivity contribution in [2.24, 2.45) is 5.73 Å². The van der Waals surface area contributed by atoms with Crippen molar-refractivity contribution in [2.45, 2.75) is 0 Å². The van der Waals surface area contributed by atoms with Gasteiger partial charge in [0.05, 0.1) is 5.51 Å². The Morgan fingerprint density at radius 2 is 2.62 bits per heavy atom. The Hall–Kier alpha value is -0.900. The lowest BCUT2D eigenvalue weighted by molar-refractivity contribution is 0.0996. The van der Waals surface area contributed by atoms with Crippen molar-refractivity contribution in [2.75, 3.05) is 0 Å². The fraction of sp³-hybridized carbons (Fsp3) is 0. The third kappa shape index (κ3) is 0.840. The van der Waals surface area contributed by atoms with E-state index in [-0.39, 0.29) is 0 Å². The van der Waals surface area contributed by atoms with E-state index in [1.54, 1.807) is 10.9 Å². The van der Waals surface area contributed by atoms with E-state index < -0.39 is 5.91 Å². The Morgan fingerprint density at radius 3 is 2.88 bits per heavy atom. The number of nitrogens with zero attached hydrogens (tertiary/aromatic N) is 1. The molecule has 0 aliphatic rings. The molecule has 0 unspecified atom stereocenters. The zero-order chi connectivity index (χ0) is 5.98. The van der Waals surface area contributed by atoms with Crippen LogP contribution in [0.15, 0.2) is 10.9 Å². The topological polar surface area (TPSA) is 56.0 Å². The molecular weight excluding hydrogens is 124 g/mol. The molecule has 0 aliphatic heterocycles. The highest BCUT2D eigenvalue weighted by Gasteiger charge is 1.98. The number of carbonyl (C=O) groups is 1. The summed E-state index contributed by atoms with van der Waals surface area (Å²) in [5.41, 5.74) is 6.78. The first-order chi connectivity index (χ1) is 3.80. The Bertz CT molecular complexity index is 182. The van der Waals surface area contributed by atoms with Crippen LogP contribution in [-0.4, -0.2) is 10.9 Å². The maximum atomic E-state index is 10.2. The van der Waals surface area contributed by atoms with E-state index in [4.69, 9.17) is 5.73 Å². The molecule has 0 radical (unpaired) electrons. The normalized spacial score (nSPS) is 9.00. The second-order valence-corrected chi connectivity index (χ2v) is 1.96. The molecule has 42 valence electrons. The molecule has 4 heteroatoms. The summed E-state index contributed by atoms with van der Waals surface area (Å²) >= 11 is 1.36. The van der Waals surface area contributed by atoms with Gasteiger partial charge < -0.3 is 5.73 Å². The van der Waals surface area contributed by atoms with Crippen molar-refractivity contribution < 1.29 is 4.79 Å². The van der Waals surface area contributed by atoms with Crippen LogP contribution in [0.2, 0.25) is 0 Å². The minimum Gasteiger partial charge on any atom is -0.364 e. The van der Waals surface area contributed by atoms with Gasteiger partial charge in [0, 0.05) is 5.38 Å². The van der Waals surface area contributed by atoms with Crippen molar-refractivity contribution in [1.82, 2.24) is 4.98 Å². The van der Waals surface area contributed by atoms with Crippen LogP contribution in [0, 0.1) is 0 Å². The number of aromatic nitrogens is 1. The molecule has 1 amide bonds. The van der Waals surface area contributed by atoms with E-state index in [2.05, 4.69) is 4.98 Å².